The fourth-order valence-corrected chi connectivity index (χ4v) is 5.53. The van der Waals surface area contributed by atoms with Crippen molar-refractivity contribution in [1.82, 2.24) is 9.88 Å². The van der Waals surface area contributed by atoms with E-state index in [1.807, 2.05) is 13.8 Å². The molecular weight excluding hydrogens is 576 g/mol. The van der Waals surface area contributed by atoms with Crippen LogP contribution in [0.3, 0.4) is 0 Å². The first kappa shape index (κ1) is 31.8. The highest BCUT2D eigenvalue weighted by atomic mass is 35.5. The van der Waals surface area contributed by atoms with Crippen molar-refractivity contribution in [1.29, 1.82) is 0 Å². The molecule has 1 aliphatic carbocycles. The number of alkyl halides is 3. The monoisotopic (exact) mass is 606 g/mol. The summed E-state index contributed by atoms with van der Waals surface area (Å²) in [6, 6.07) is -0.849. The summed E-state index contributed by atoms with van der Waals surface area (Å²) in [5.74, 6) is -3.54. The predicted octanol–water partition coefficient (Wildman–Crippen LogP) is 4.85. The van der Waals surface area contributed by atoms with E-state index in [2.05, 4.69) is 9.98 Å². The van der Waals surface area contributed by atoms with Crippen LogP contribution in [0.2, 0.25) is 10.0 Å². The van der Waals surface area contributed by atoms with Crippen LogP contribution in [0.25, 0.3) is 0 Å². The molecule has 2 fully saturated rings. The average Bonchev–Trinajstić information content (AvgIpc) is 3.20. The zero-order valence-electron chi connectivity index (χ0n) is 22.0. The lowest BCUT2D eigenvalue weighted by molar-refractivity contribution is -0.142. The fourth-order valence-electron chi connectivity index (χ4n) is 4.95. The van der Waals surface area contributed by atoms with Gasteiger partial charge in [0.15, 0.2) is 11.5 Å². The van der Waals surface area contributed by atoms with Crippen LogP contribution in [0.4, 0.5) is 13.2 Å². The van der Waals surface area contributed by atoms with Gasteiger partial charge in [-0.15, -0.1) is 0 Å². The molecule has 3 rings (SSSR count). The zero-order chi connectivity index (χ0) is 29.8. The molecule has 14 heteroatoms. The minimum atomic E-state index is -5.05. The Morgan fingerprint density at radius 1 is 1.18 bits per heavy atom. The number of hydrogen-bond donors (Lipinski definition) is 2. The molecule has 1 aromatic heterocycles. The first-order valence-corrected chi connectivity index (χ1v) is 13.5. The number of Topliss-reactive ketones (excluding diaryl/α,β-unsaturated/α-hetero) is 1. The number of halogens is 5. The van der Waals surface area contributed by atoms with Crippen LogP contribution in [0.5, 0.6) is 0 Å². The van der Waals surface area contributed by atoms with E-state index in [1.54, 1.807) is 0 Å². The molecule has 220 valence electrons. The molecule has 3 N–H and O–H groups in total. The highest BCUT2D eigenvalue weighted by Gasteiger charge is 2.43. The average molecular weight is 607 g/mol. The number of carbonyl (C=O) groups excluding carboxylic acids is 2. The molecule has 1 atom stereocenters. The molecular formula is C26H31Cl2F3N4O5. The normalized spacial score (nSPS) is 23.6. The smallest absolute Gasteiger partial charge is 0.433 e. The van der Waals surface area contributed by atoms with Crippen molar-refractivity contribution in [2.45, 2.75) is 76.3 Å². The number of aromatic nitrogens is 1. The van der Waals surface area contributed by atoms with Crippen LogP contribution in [0, 0.1) is 5.92 Å². The maximum atomic E-state index is 14.3. The van der Waals surface area contributed by atoms with Crippen molar-refractivity contribution >= 4 is 46.6 Å². The van der Waals surface area contributed by atoms with Crippen molar-refractivity contribution in [3.63, 3.8) is 0 Å². The Kier molecular flexibility index (Phi) is 10.2. The van der Waals surface area contributed by atoms with E-state index in [4.69, 9.17) is 33.7 Å². The van der Waals surface area contributed by atoms with Gasteiger partial charge in [-0.1, -0.05) is 23.2 Å². The minimum absolute atomic E-state index is 0.0766. The number of ether oxygens (including phenoxy) is 1. The van der Waals surface area contributed by atoms with E-state index in [1.165, 1.54) is 12.4 Å². The number of aliphatic imine (C=N–C) groups is 1. The van der Waals surface area contributed by atoms with Gasteiger partial charge in [-0.3, -0.25) is 24.4 Å². The number of carboxylic acids is 1. The number of carbonyl (C=O) groups is 3. The van der Waals surface area contributed by atoms with Gasteiger partial charge in [0.05, 0.1) is 51.4 Å². The highest BCUT2D eigenvalue weighted by Crippen LogP contribution is 2.33. The van der Waals surface area contributed by atoms with E-state index >= 15 is 0 Å². The lowest BCUT2D eigenvalue weighted by Gasteiger charge is -2.29. The van der Waals surface area contributed by atoms with E-state index < -0.39 is 65.3 Å². The van der Waals surface area contributed by atoms with Crippen LogP contribution in [-0.4, -0.2) is 75.4 Å². The Balaban J connectivity index is 1.93. The molecule has 0 radical (unpaired) electrons. The molecule has 1 saturated carbocycles. The molecule has 1 amide bonds. The summed E-state index contributed by atoms with van der Waals surface area (Å²) in [5.41, 5.74) is 2.54. The summed E-state index contributed by atoms with van der Waals surface area (Å²) >= 11 is 12.2. The molecule has 0 aromatic carbocycles. The van der Waals surface area contributed by atoms with Crippen LogP contribution in [0.15, 0.2) is 29.2 Å². The van der Waals surface area contributed by atoms with Crippen molar-refractivity contribution in [2.75, 3.05) is 13.1 Å². The van der Waals surface area contributed by atoms with Crippen LogP contribution >= 0.6 is 23.2 Å². The number of amides is 1. The summed E-state index contributed by atoms with van der Waals surface area (Å²) < 4.78 is 48.7. The van der Waals surface area contributed by atoms with Gasteiger partial charge in [0, 0.05) is 25.1 Å². The summed E-state index contributed by atoms with van der Waals surface area (Å²) in [6.07, 6.45) is -1.01. The van der Waals surface area contributed by atoms with E-state index in [9.17, 15) is 32.7 Å². The van der Waals surface area contributed by atoms with Gasteiger partial charge in [0.25, 0.3) is 5.91 Å². The van der Waals surface area contributed by atoms with Crippen LogP contribution in [0.1, 0.15) is 62.7 Å². The summed E-state index contributed by atoms with van der Waals surface area (Å²) in [6.45, 7) is 2.84. The third kappa shape index (κ3) is 7.94. The highest BCUT2D eigenvalue weighted by molar-refractivity contribution is 6.39. The molecule has 0 spiro atoms. The second-order valence-electron chi connectivity index (χ2n) is 10.5. The molecule has 1 aliphatic heterocycles. The molecule has 0 unspecified atom stereocenters. The maximum absolute atomic E-state index is 14.3. The zero-order valence-corrected chi connectivity index (χ0v) is 23.5. The summed E-state index contributed by atoms with van der Waals surface area (Å²) in [7, 11) is 0. The molecule has 2 heterocycles. The Morgan fingerprint density at radius 3 is 2.25 bits per heavy atom. The van der Waals surface area contributed by atoms with Gasteiger partial charge in [-0.25, -0.2) is 0 Å². The molecule has 2 aliphatic rings. The van der Waals surface area contributed by atoms with Crippen molar-refractivity contribution in [2.24, 2.45) is 16.6 Å². The number of carboxylic acid groups (broad SMARTS) is 1. The number of hydrogen-bond acceptors (Lipinski definition) is 7. The standard InChI is InChI=1S/C26H31Cl2F3N4O5/c1-25(2)8-7-16(40-25)12-35(13-20(36)21-18(27)10-33-11-19(21)28)23(37)17(9-32)22(26(29,30)31)34-15-5-3-14(4-6-15)24(38)39/h9-11,14-16H,3-8,12-13,32H2,1-2H3,(H,38,39)/t14?,15?,16-/m1/s1. The summed E-state index contributed by atoms with van der Waals surface area (Å²) in [4.78, 5) is 46.6. The van der Waals surface area contributed by atoms with Crippen molar-refractivity contribution < 1.29 is 37.4 Å². The number of rotatable bonds is 9. The molecule has 1 aromatic rings. The van der Waals surface area contributed by atoms with Crippen molar-refractivity contribution in [3.05, 3.63) is 39.8 Å². The van der Waals surface area contributed by atoms with E-state index in [0.717, 1.165) is 4.90 Å². The number of aliphatic carboxylic acids is 1. The number of pyridine rings is 1. The third-order valence-corrected chi connectivity index (χ3v) is 7.58. The predicted molar refractivity (Wildman–Crippen MR) is 142 cm³/mol. The Labute approximate surface area is 239 Å². The number of nitrogens with two attached hydrogens (primary N) is 1. The van der Waals surface area contributed by atoms with Gasteiger partial charge in [-0.05, 0) is 52.4 Å². The SMILES string of the molecule is CC1(C)CC[C@H](CN(CC(=O)c2c(Cl)cncc2Cl)C(=O)C(=CN)C(=NC2CCC(C(=O)O)CC2)C(F)(F)F)O1. The third-order valence-electron chi connectivity index (χ3n) is 7.01. The molecule has 40 heavy (non-hydrogen) atoms. The Bertz CT molecular complexity index is 1180. The summed E-state index contributed by atoms with van der Waals surface area (Å²) in [5, 5.41) is 9.03. The van der Waals surface area contributed by atoms with E-state index in [0.29, 0.717) is 19.0 Å². The number of ketones is 1. The molecule has 1 saturated heterocycles. The topological polar surface area (TPSA) is 135 Å². The van der Waals surface area contributed by atoms with Crippen LogP contribution < -0.4 is 5.73 Å². The Hall–Kier alpha value is -2.70. The molecule has 0 bridgehead atoms. The number of nitrogens with zero attached hydrogens (tertiary/aromatic N) is 3. The lowest BCUT2D eigenvalue weighted by atomic mass is 9.86. The second-order valence-corrected chi connectivity index (χ2v) is 11.3. The fraction of sp³-hybridized carbons (Fsp3) is 0.577. The van der Waals surface area contributed by atoms with Gasteiger partial charge in [0.1, 0.15) is 0 Å². The minimum Gasteiger partial charge on any atom is -0.481 e. The first-order valence-electron chi connectivity index (χ1n) is 12.7. The largest absolute Gasteiger partial charge is 0.481 e. The quantitative estimate of drug-likeness (QED) is 0.233. The van der Waals surface area contributed by atoms with E-state index in [-0.39, 0.29) is 47.8 Å². The maximum Gasteiger partial charge on any atom is 0.433 e. The van der Waals surface area contributed by atoms with Gasteiger partial charge >= 0.3 is 12.1 Å². The Morgan fingerprint density at radius 2 is 1.77 bits per heavy atom. The second kappa shape index (κ2) is 12.9. The molecule has 9 nitrogen and oxygen atoms in total. The van der Waals surface area contributed by atoms with Gasteiger partial charge in [0.2, 0.25) is 0 Å². The van der Waals surface area contributed by atoms with Gasteiger partial charge < -0.3 is 20.5 Å². The first-order chi connectivity index (χ1) is 18.6. The lowest BCUT2D eigenvalue weighted by Crippen LogP contribution is -2.45. The van der Waals surface area contributed by atoms with Gasteiger partial charge in [-0.2, -0.15) is 13.2 Å². The van der Waals surface area contributed by atoms with Crippen LogP contribution in [-0.2, 0) is 14.3 Å². The van der Waals surface area contributed by atoms with Crippen molar-refractivity contribution in [3.8, 4) is 0 Å².